The zero-order chi connectivity index (χ0) is 27.3. The Balaban J connectivity index is 1.50. The molecule has 202 valence electrons. The first-order chi connectivity index (χ1) is 18.3. The number of anilines is 1. The molecule has 1 saturated heterocycles. The zero-order valence-corrected chi connectivity index (χ0v) is 21.7. The Hall–Kier alpha value is -3.90. The molecule has 3 N–H and O–H groups in total. The van der Waals surface area contributed by atoms with Crippen LogP contribution in [0.25, 0.3) is 10.9 Å². The van der Waals surface area contributed by atoms with Crippen LogP contribution in [-0.2, 0) is 16.6 Å². The normalized spacial score (nSPS) is 17.6. The Morgan fingerprint density at radius 1 is 1.29 bits per heavy atom. The first kappa shape index (κ1) is 27.1. The smallest absolute Gasteiger partial charge is 0.262 e. The van der Waals surface area contributed by atoms with Gasteiger partial charge in [-0.3, -0.25) is 39.2 Å². The molecule has 0 radical (unpaired) electrons. The van der Waals surface area contributed by atoms with Crippen LogP contribution in [0, 0.1) is 5.41 Å². The summed E-state index contributed by atoms with van der Waals surface area (Å²) in [5.74, 6) is 0.549. The molecule has 1 aliphatic heterocycles. The van der Waals surface area contributed by atoms with E-state index in [1.165, 1.54) is 31.1 Å². The number of likely N-dealkylation sites (tertiary alicyclic amines) is 1. The van der Waals surface area contributed by atoms with E-state index >= 15 is 0 Å². The number of nitrogens with one attached hydrogen (secondary N) is 1. The first-order valence-corrected chi connectivity index (χ1v) is 12.4. The summed E-state index contributed by atoms with van der Waals surface area (Å²) in [4.78, 5) is 51.6. The van der Waals surface area contributed by atoms with E-state index in [-0.39, 0.29) is 34.7 Å². The summed E-state index contributed by atoms with van der Waals surface area (Å²) in [6.07, 6.45) is 6.03. The molecule has 12 nitrogen and oxygen atoms in total. The van der Waals surface area contributed by atoms with Gasteiger partial charge in [0, 0.05) is 38.8 Å². The highest BCUT2D eigenvalue weighted by Gasteiger charge is 2.44. The Bertz CT molecular complexity index is 1350. The van der Waals surface area contributed by atoms with Crippen molar-refractivity contribution in [3.8, 4) is 11.5 Å². The molecule has 1 aliphatic carbocycles. The van der Waals surface area contributed by atoms with E-state index in [0.717, 1.165) is 45.3 Å². The number of aliphatic imine (C=N–C) groups is 2. The van der Waals surface area contributed by atoms with Gasteiger partial charge >= 0.3 is 0 Å². The van der Waals surface area contributed by atoms with Crippen LogP contribution in [0.4, 0.5) is 5.95 Å². The van der Waals surface area contributed by atoms with Gasteiger partial charge in [-0.2, -0.15) is 0 Å². The fraction of sp³-hybridized carbons (Fsp3) is 0.462. The number of methoxy groups -OCH3 is 1. The monoisotopic (exact) mass is 523 g/mol. The van der Waals surface area contributed by atoms with Crippen LogP contribution in [0.3, 0.4) is 0 Å². The molecule has 1 saturated carbocycles. The van der Waals surface area contributed by atoms with Crippen LogP contribution in [0.1, 0.15) is 25.7 Å². The highest BCUT2D eigenvalue weighted by molar-refractivity contribution is 6.17. The lowest BCUT2D eigenvalue weighted by Crippen LogP contribution is -2.48. The summed E-state index contributed by atoms with van der Waals surface area (Å²) in [7, 11) is 2.98. The van der Waals surface area contributed by atoms with E-state index in [2.05, 4.69) is 31.9 Å². The Morgan fingerprint density at radius 3 is 2.66 bits per heavy atom. The molecule has 1 aromatic carbocycles. The molecule has 2 heterocycles. The van der Waals surface area contributed by atoms with E-state index in [4.69, 9.17) is 15.2 Å². The fourth-order valence-electron chi connectivity index (χ4n) is 4.96. The number of ketones is 1. The van der Waals surface area contributed by atoms with E-state index in [1.807, 2.05) is 0 Å². The van der Waals surface area contributed by atoms with Crippen molar-refractivity contribution in [3.05, 3.63) is 34.3 Å². The van der Waals surface area contributed by atoms with Crippen LogP contribution in [-0.4, -0.2) is 79.1 Å². The minimum Gasteiger partial charge on any atom is -0.491 e. The molecule has 1 spiro atoms. The standard InChI is InChI=1S/C26H33N7O5/c1-28-14-17(15-29-16-27)23(35)31-25-30-21-19(24(36)32(25)2)4-5-20(22(21)37-3)38-11-10-33-8-6-26(7-9-33)12-18(34)13-26/h4-5,14-15H,1,6-13,16,27H2,2-3H3,(H,30,31,35)/b17-14+,29-15-. The van der Waals surface area contributed by atoms with E-state index in [1.54, 1.807) is 12.1 Å². The van der Waals surface area contributed by atoms with Gasteiger partial charge in [-0.15, -0.1) is 0 Å². The number of hydrogen-bond acceptors (Lipinski definition) is 10. The first-order valence-electron chi connectivity index (χ1n) is 12.4. The maximum Gasteiger partial charge on any atom is 0.262 e. The second kappa shape index (κ2) is 11.7. The van der Waals surface area contributed by atoms with Crippen LogP contribution < -0.4 is 26.1 Å². The summed E-state index contributed by atoms with van der Waals surface area (Å²) in [5, 5.41) is 2.93. The van der Waals surface area contributed by atoms with Gasteiger partial charge < -0.3 is 15.2 Å². The molecule has 4 rings (SSSR count). The molecular formula is C26H33N7O5. The Kier molecular flexibility index (Phi) is 8.32. The largest absolute Gasteiger partial charge is 0.491 e. The average Bonchev–Trinajstić information content (AvgIpc) is 2.89. The SMILES string of the molecule is C=N/C=C(\C=N/CN)C(=O)Nc1nc2c(OC)c(OCCN3CCC4(CC3)CC(=O)C4)ccc2c(=O)n1C. The number of Topliss-reactive ketones (excluding diaryl/α,β-unsaturated/α-hetero) is 1. The van der Waals surface area contributed by atoms with Crippen molar-refractivity contribution < 1.29 is 19.1 Å². The Labute approximate surface area is 220 Å². The molecule has 38 heavy (non-hydrogen) atoms. The lowest BCUT2D eigenvalue weighted by atomic mass is 9.62. The Morgan fingerprint density at radius 2 is 2.03 bits per heavy atom. The lowest BCUT2D eigenvalue weighted by Gasteiger charge is -2.46. The van der Waals surface area contributed by atoms with Gasteiger partial charge in [0.15, 0.2) is 11.5 Å². The number of nitrogens with zero attached hydrogens (tertiary/aromatic N) is 5. The molecule has 1 amide bonds. The van der Waals surface area contributed by atoms with Gasteiger partial charge in [-0.05, 0) is 50.2 Å². The third-order valence-electron chi connectivity index (χ3n) is 7.15. The minimum atomic E-state index is -0.586. The van der Waals surface area contributed by atoms with Gasteiger partial charge in [-0.25, -0.2) is 4.98 Å². The number of rotatable bonds is 10. The van der Waals surface area contributed by atoms with Crippen molar-refractivity contribution in [3.63, 3.8) is 0 Å². The number of carbonyl (C=O) groups excluding carboxylic acids is 2. The molecule has 0 bridgehead atoms. The van der Waals surface area contributed by atoms with Crippen LogP contribution in [0.15, 0.2) is 38.7 Å². The second-order valence-electron chi connectivity index (χ2n) is 9.59. The van der Waals surface area contributed by atoms with Crippen molar-refractivity contribution in [1.82, 2.24) is 14.5 Å². The van der Waals surface area contributed by atoms with Gasteiger partial charge in [0.05, 0.1) is 24.7 Å². The number of hydrogen-bond donors (Lipinski definition) is 2. The van der Waals surface area contributed by atoms with E-state index < -0.39 is 5.91 Å². The number of piperidine rings is 1. The number of nitrogens with two attached hydrogens (primary N) is 1. The van der Waals surface area contributed by atoms with Crippen molar-refractivity contribution in [1.29, 1.82) is 0 Å². The lowest BCUT2D eigenvalue weighted by molar-refractivity contribution is -0.135. The predicted octanol–water partition coefficient (Wildman–Crippen LogP) is 1.28. The number of fused-ring (bicyclic) bond motifs is 1. The molecule has 2 aromatic rings. The quantitative estimate of drug-likeness (QED) is 0.349. The molecule has 2 aliphatic rings. The average molecular weight is 524 g/mol. The summed E-state index contributed by atoms with van der Waals surface area (Å²) >= 11 is 0. The maximum atomic E-state index is 13.1. The maximum absolute atomic E-state index is 13.1. The van der Waals surface area contributed by atoms with Crippen molar-refractivity contribution >= 4 is 41.5 Å². The third kappa shape index (κ3) is 5.65. The topological polar surface area (TPSA) is 154 Å². The predicted molar refractivity (Wildman–Crippen MR) is 145 cm³/mol. The molecule has 12 heteroatoms. The van der Waals surface area contributed by atoms with Crippen molar-refractivity contribution in [2.75, 3.05) is 45.3 Å². The van der Waals surface area contributed by atoms with Crippen LogP contribution in [0.5, 0.6) is 11.5 Å². The molecule has 1 aromatic heterocycles. The summed E-state index contributed by atoms with van der Waals surface area (Å²) in [5.41, 5.74) is 5.60. The fourth-order valence-corrected chi connectivity index (χ4v) is 4.96. The van der Waals surface area contributed by atoms with E-state index in [0.29, 0.717) is 29.3 Å². The summed E-state index contributed by atoms with van der Waals surface area (Å²) in [6, 6.07) is 3.32. The molecular weight excluding hydrogens is 490 g/mol. The highest BCUT2D eigenvalue weighted by atomic mass is 16.5. The number of amides is 1. The van der Waals surface area contributed by atoms with Gasteiger partial charge in [0.2, 0.25) is 5.95 Å². The van der Waals surface area contributed by atoms with Gasteiger partial charge in [0.25, 0.3) is 11.5 Å². The number of benzene rings is 1. The van der Waals surface area contributed by atoms with Crippen LogP contribution >= 0.6 is 0 Å². The number of ether oxygens (including phenoxy) is 2. The van der Waals surface area contributed by atoms with Crippen molar-refractivity contribution in [2.45, 2.75) is 25.7 Å². The third-order valence-corrected chi connectivity index (χ3v) is 7.15. The zero-order valence-electron chi connectivity index (χ0n) is 21.7. The molecule has 0 atom stereocenters. The number of carbonyl (C=O) groups is 2. The summed E-state index contributed by atoms with van der Waals surface area (Å²) < 4.78 is 12.9. The van der Waals surface area contributed by atoms with Gasteiger partial charge in [0.1, 0.15) is 17.9 Å². The molecule has 2 fully saturated rings. The van der Waals surface area contributed by atoms with Crippen LogP contribution in [0.2, 0.25) is 0 Å². The minimum absolute atomic E-state index is 0.00596. The number of aromatic nitrogens is 2. The summed E-state index contributed by atoms with van der Waals surface area (Å²) in [6.45, 7) is 6.39. The second-order valence-corrected chi connectivity index (χ2v) is 9.59. The highest BCUT2D eigenvalue weighted by Crippen LogP contribution is 2.46. The van der Waals surface area contributed by atoms with E-state index in [9.17, 15) is 14.4 Å². The molecule has 0 unspecified atom stereocenters. The van der Waals surface area contributed by atoms with Crippen molar-refractivity contribution in [2.24, 2.45) is 28.2 Å². The van der Waals surface area contributed by atoms with Gasteiger partial charge in [-0.1, -0.05) is 0 Å².